The summed E-state index contributed by atoms with van der Waals surface area (Å²) in [5.74, 6) is 0.0875. The lowest BCUT2D eigenvalue weighted by Gasteiger charge is -2.33. The highest BCUT2D eigenvalue weighted by Crippen LogP contribution is 2.30. The number of benzene rings is 2. The van der Waals surface area contributed by atoms with Gasteiger partial charge in [0.05, 0.1) is 6.54 Å². The number of fused-ring (bicyclic) bond motifs is 2. The van der Waals surface area contributed by atoms with Gasteiger partial charge in [0.1, 0.15) is 0 Å². The molecule has 6 heteroatoms. The Hall–Kier alpha value is -2.96. The molecule has 2 aliphatic rings. The van der Waals surface area contributed by atoms with E-state index in [9.17, 15) is 4.79 Å². The number of allylic oxidation sites excluding steroid dienone is 1. The molecule has 2 heterocycles. The summed E-state index contributed by atoms with van der Waals surface area (Å²) in [4.78, 5) is 20.2. The Labute approximate surface area is 202 Å². The van der Waals surface area contributed by atoms with Gasteiger partial charge in [-0.15, -0.1) is 6.58 Å². The van der Waals surface area contributed by atoms with Crippen molar-refractivity contribution in [3.8, 4) is 0 Å². The Bertz CT molecular complexity index is 1190. The zero-order valence-electron chi connectivity index (χ0n) is 20.4. The van der Waals surface area contributed by atoms with Gasteiger partial charge in [-0.05, 0) is 49.7 Å². The predicted octanol–water partition coefficient (Wildman–Crippen LogP) is 3.60. The monoisotopic (exact) mass is 457 g/mol. The van der Waals surface area contributed by atoms with Crippen LogP contribution in [0.5, 0.6) is 0 Å². The molecule has 1 fully saturated rings. The van der Waals surface area contributed by atoms with Crippen LogP contribution in [-0.4, -0.2) is 76.7 Å². The number of amides is 1. The molecule has 0 radical (unpaired) electrons. The lowest BCUT2D eigenvalue weighted by atomic mass is 9.89. The van der Waals surface area contributed by atoms with Crippen LogP contribution in [0.25, 0.3) is 10.8 Å². The molecule has 1 unspecified atom stereocenters. The summed E-state index contributed by atoms with van der Waals surface area (Å²) in [6, 6.07) is 15.5. The van der Waals surface area contributed by atoms with E-state index in [4.69, 9.17) is 5.10 Å². The average molecular weight is 458 g/mol. The number of hydrogen-bond acceptors (Lipinski definition) is 4. The van der Waals surface area contributed by atoms with E-state index < -0.39 is 0 Å². The van der Waals surface area contributed by atoms with Crippen molar-refractivity contribution in [2.75, 3.05) is 40.3 Å². The quantitative estimate of drug-likeness (QED) is 0.531. The topological polar surface area (TPSA) is 44.6 Å². The van der Waals surface area contributed by atoms with Gasteiger partial charge in [0, 0.05) is 50.0 Å². The van der Waals surface area contributed by atoms with Crippen LogP contribution in [0.15, 0.2) is 55.1 Å². The summed E-state index contributed by atoms with van der Waals surface area (Å²) in [6.45, 7) is 8.80. The minimum absolute atomic E-state index is 0.0875. The maximum absolute atomic E-state index is 13.5. The minimum atomic E-state index is 0.0875. The molecule has 3 aromatic rings. The molecule has 0 saturated carbocycles. The number of piperazine rings is 1. The molecule has 178 valence electrons. The summed E-state index contributed by atoms with van der Waals surface area (Å²) in [7, 11) is 4.33. The van der Waals surface area contributed by atoms with Gasteiger partial charge < -0.3 is 9.80 Å². The summed E-state index contributed by atoms with van der Waals surface area (Å²) in [5.41, 5.74) is 4.37. The highest BCUT2D eigenvalue weighted by atomic mass is 16.2. The van der Waals surface area contributed by atoms with Crippen molar-refractivity contribution in [2.45, 2.75) is 38.4 Å². The SMILES string of the molecule is C=CCn1nc(C(=O)N2CCN(C)CC2)c2c1CCC(N(C)Cc1cccc3ccccc13)C2. The van der Waals surface area contributed by atoms with Crippen LogP contribution < -0.4 is 0 Å². The van der Waals surface area contributed by atoms with Crippen LogP contribution in [0.4, 0.5) is 0 Å². The van der Waals surface area contributed by atoms with E-state index in [0.29, 0.717) is 18.3 Å². The highest BCUT2D eigenvalue weighted by molar-refractivity contribution is 5.94. The van der Waals surface area contributed by atoms with E-state index in [-0.39, 0.29) is 5.91 Å². The number of rotatable bonds is 6. The number of carbonyl (C=O) groups excluding carboxylic acids is 1. The van der Waals surface area contributed by atoms with Gasteiger partial charge in [0.2, 0.25) is 0 Å². The fourth-order valence-corrected chi connectivity index (χ4v) is 5.48. The largest absolute Gasteiger partial charge is 0.335 e. The lowest BCUT2D eigenvalue weighted by molar-refractivity contribution is 0.0655. The van der Waals surface area contributed by atoms with Gasteiger partial charge >= 0.3 is 0 Å². The molecule has 1 amide bonds. The smallest absolute Gasteiger partial charge is 0.274 e. The maximum Gasteiger partial charge on any atom is 0.274 e. The number of hydrogen-bond donors (Lipinski definition) is 0. The molecule has 1 atom stereocenters. The third-order valence-electron chi connectivity index (χ3n) is 7.54. The van der Waals surface area contributed by atoms with E-state index in [0.717, 1.165) is 57.5 Å². The van der Waals surface area contributed by atoms with E-state index in [1.54, 1.807) is 0 Å². The molecule has 2 aromatic carbocycles. The van der Waals surface area contributed by atoms with Gasteiger partial charge in [-0.25, -0.2) is 0 Å². The summed E-state index contributed by atoms with van der Waals surface area (Å²) in [5, 5.41) is 7.42. The fraction of sp³-hybridized carbons (Fsp3) is 0.429. The number of aromatic nitrogens is 2. The lowest BCUT2D eigenvalue weighted by Crippen LogP contribution is -2.47. The molecule has 0 spiro atoms. The molecule has 0 N–H and O–H groups in total. The molecule has 6 nitrogen and oxygen atoms in total. The fourth-order valence-electron chi connectivity index (χ4n) is 5.48. The molecule has 1 saturated heterocycles. The predicted molar refractivity (Wildman–Crippen MR) is 137 cm³/mol. The molecule has 1 aliphatic heterocycles. The number of likely N-dealkylation sites (N-methyl/N-ethyl adjacent to an activating group) is 2. The van der Waals surface area contributed by atoms with Crippen molar-refractivity contribution < 1.29 is 4.79 Å². The average Bonchev–Trinajstić information content (AvgIpc) is 3.22. The summed E-state index contributed by atoms with van der Waals surface area (Å²) in [6.07, 6.45) is 4.74. The highest BCUT2D eigenvalue weighted by Gasteiger charge is 2.33. The van der Waals surface area contributed by atoms with E-state index in [1.807, 2.05) is 15.7 Å². The maximum atomic E-state index is 13.5. The third-order valence-corrected chi connectivity index (χ3v) is 7.54. The Balaban J connectivity index is 1.38. The Morgan fingerprint density at radius 3 is 2.71 bits per heavy atom. The van der Waals surface area contributed by atoms with Crippen molar-refractivity contribution in [2.24, 2.45) is 0 Å². The van der Waals surface area contributed by atoms with E-state index >= 15 is 0 Å². The van der Waals surface area contributed by atoms with E-state index in [2.05, 4.69) is 72.9 Å². The second-order valence-corrected chi connectivity index (χ2v) is 9.79. The van der Waals surface area contributed by atoms with Crippen LogP contribution >= 0.6 is 0 Å². The van der Waals surface area contributed by atoms with Crippen molar-refractivity contribution in [1.29, 1.82) is 0 Å². The molecular formula is C28H35N5O. The van der Waals surface area contributed by atoms with E-state index in [1.165, 1.54) is 22.0 Å². The summed E-state index contributed by atoms with van der Waals surface area (Å²) < 4.78 is 2.01. The van der Waals surface area contributed by atoms with Crippen LogP contribution in [0.1, 0.15) is 33.7 Å². The van der Waals surface area contributed by atoms with Crippen molar-refractivity contribution in [1.82, 2.24) is 24.5 Å². The van der Waals surface area contributed by atoms with Gasteiger partial charge in [-0.3, -0.25) is 14.4 Å². The molecule has 0 bridgehead atoms. The standard InChI is InChI=1S/C28H35N5O/c1-4-14-33-26-13-12-23(31(3)20-22-10-7-9-21-8-5-6-11-24(21)22)19-25(26)27(29-33)28(34)32-17-15-30(2)16-18-32/h4-11,23H,1,12-20H2,2-3H3. The van der Waals surface area contributed by atoms with Crippen LogP contribution in [0, 0.1) is 0 Å². The molecule has 5 rings (SSSR count). The Kier molecular flexibility index (Phi) is 6.53. The van der Waals surface area contributed by atoms with Gasteiger partial charge in [-0.2, -0.15) is 5.10 Å². The molecule has 1 aromatic heterocycles. The van der Waals surface area contributed by atoms with Gasteiger partial charge in [-0.1, -0.05) is 48.5 Å². The first-order chi connectivity index (χ1) is 16.5. The van der Waals surface area contributed by atoms with Crippen molar-refractivity contribution in [3.05, 3.63) is 77.6 Å². The van der Waals surface area contributed by atoms with Crippen molar-refractivity contribution in [3.63, 3.8) is 0 Å². The zero-order valence-corrected chi connectivity index (χ0v) is 20.4. The first-order valence-electron chi connectivity index (χ1n) is 12.4. The van der Waals surface area contributed by atoms with Crippen LogP contribution in [0.3, 0.4) is 0 Å². The Morgan fingerprint density at radius 1 is 1.15 bits per heavy atom. The minimum Gasteiger partial charge on any atom is -0.335 e. The van der Waals surface area contributed by atoms with Crippen LogP contribution in [0.2, 0.25) is 0 Å². The van der Waals surface area contributed by atoms with Crippen LogP contribution in [-0.2, 0) is 25.9 Å². The molecule has 34 heavy (non-hydrogen) atoms. The summed E-state index contributed by atoms with van der Waals surface area (Å²) >= 11 is 0. The molecular weight excluding hydrogens is 422 g/mol. The number of nitrogens with zero attached hydrogens (tertiary/aromatic N) is 5. The number of carbonyl (C=O) groups is 1. The second kappa shape index (κ2) is 9.72. The van der Waals surface area contributed by atoms with Gasteiger partial charge in [0.25, 0.3) is 5.91 Å². The molecule has 1 aliphatic carbocycles. The first kappa shape index (κ1) is 22.8. The van der Waals surface area contributed by atoms with Crippen molar-refractivity contribution >= 4 is 16.7 Å². The normalized spacial score (nSPS) is 18.9. The van der Waals surface area contributed by atoms with Gasteiger partial charge in [0.15, 0.2) is 5.69 Å². The second-order valence-electron chi connectivity index (χ2n) is 9.79. The third kappa shape index (κ3) is 4.40. The zero-order chi connectivity index (χ0) is 23.7. The Morgan fingerprint density at radius 2 is 1.91 bits per heavy atom. The first-order valence-corrected chi connectivity index (χ1v) is 12.4.